The highest BCUT2D eigenvalue weighted by atomic mass is 127. The lowest BCUT2D eigenvalue weighted by molar-refractivity contribution is 0.105. The highest BCUT2D eigenvalue weighted by molar-refractivity contribution is 14.0. The van der Waals surface area contributed by atoms with Crippen LogP contribution in [-0.2, 0) is 11.3 Å². The Balaban J connectivity index is 0.00000288. The number of hydrogen-bond donors (Lipinski definition) is 2. The van der Waals surface area contributed by atoms with E-state index in [9.17, 15) is 0 Å². The van der Waals surface area contributed by atoms with E-state index in [4.69, 9.17) is 9.15 Å². The second-order valence-corrected chi connectivity index (χ2v) is 6.26. The van der Waals surface area contributed by atoms with E-state index in [1.807, 2.05) is 12.1 Å². The van der Waals surface area contributed by atoms with Crippen molar-refractivity contribution < 1.29 is 9.15 Å². The molecule has 0 amide bonds. The lowest BCUT2D eigenvalue weighted by atomic mass is 10.1. The van der Waals surface area contributed by atoms with Crippen LogP contribution in [0.3, 0.4) is 0 Å². The average molecular weight is 463 g/mol. The number of nitrogens with one attached hydrogen (secondary N) is 2. The molecule has 2 N–H and O–H groups in total. The molecule has 5 nitrogen and oxygen atoms in total. The second-order valence-electron chi connectivity index (χ2n) is 5.28. The van der Waals surface area contributed by atoms with E-state index < -0.39 is 0 Å². The Morgan fingerprint density at radius 3 is 2.88 bits per heavy atom. The number of furan rings is 1. The van der Waals surface area contributed by atoms with Gasteiger partial charge >= 0.3 is 0 Å². The third kappa shape index (κ3) is 7.67. The molecule has 1 unspecified atom stereocenters. The van der Waals surface area contributed by atoms with Crippen LogP contribution >= 0.6 is 35.3 Å². The van der Waals surface area contributed by atoms with Gasteiger partial charge in [0.2, 0.25) is 0 Å². The van der Waals surface area contributed by atoms with Crippen LogP contribution in [0.15, 0.2) is 45.3 Å². The van der Waals surface area contributed by atoms with Gasteiger partial charge < -0.3 is 19.8 Å². The Bertz CT molecular complexity index is 558. The van der Waals surface area contributed by atoms with Crippen molar-refractivity contribution in [3.63, 3.8) is 0 Å². The fraction of sp³-hybridized carbons (Fsp3) is 0.471. The van der Waals surface area contributed by atoms with Gasteiger partial charge in [-0.2, -0.15) is 0 Å². The van der Waals surface area contributed by atoms with Crippen molar-refractivity contribution in [1.29, 1.82) is 0 Å². The number of hydrogen-bond acceptors (Lipinski definition) is 4. The van der Waals surface area contributed by atoms with Crippen LogP contribution in [0, 0.1) is 0 Å². The van der Waals surface area contributed by atoms with Gasteiger partial charge in [-0.1, -0.05) is 13.0 Å². The van der Waals surface area contributed by atoms with Gasteiger partial charge in [-0.25, -0.2) is 0 Å². The molecule has 1 atom stereocenters. The second kappa shape index (κ2) is 12.3. The van der Waals surface area contributed by atoms with Crippen LogP contribution in [0.2, 0.25) is 0 Å². The van der Waals surface area contributed by atoms with Crippen LogP contribution < -0.4 is 10.6 Å². The molecule has 24 heavy (non-hydrogen) atoms. The fourth-order valence-electron chi connectivity index (χ4n) is 2.09. The molecule has 2 aromatic heterocycles. The maximum absolute atomic E-state index is 5.55. The summed E-state index contributed by atoms with van der Waals surface area (Å²) in [4.78, 5) is 5.63. The van der Waals surface area contributed by atoms with Gasteiger partial charge in [-0.05, 0) is 30.0 Å². The first-order chi connectivity index (χ1) is 11.3. The largest absolute Gasteiger partial charge is 0.467 e. The zero-order valence-electron chi connectivity index (χ0n) is 14.2. The first kappa shape index (κ1) is 21.0. The summed E-state index contributed by atoms with van der Waals surface area (Å²) in [7, 11) is 1.79. The molecule has 2 heterocycles. The number of thiophene rings is 1. The van der Waals surface area contributed by atoms with E-state index in [-0.39, 0.29) is 24.0 Å². The van der Waals surface area contributed by atoms with Crippen molar-refractivity contribution >= 4 is 41.3 Å². The zero-order valence-corrected chi connectivity index (χ0v) is 17.3. The molecule has 134 valence electrons. The van der Waals surface area contributed by atoms with Crippen LogP contribution in [0.25, 0.3) is 0 Å². The van der Waals surface area contributed by atoms with Gasteiger partial charge in [0.15, 0.2) is 5.96 Å². The molecular formula is C17H26IN3O2S. The van der Waals surface area contributed by atoms with E-state index in [0.29, 0.717) is 19.1 Å². The summed E-state index contributed by atoms with van der Waals surface area (Å²) in [6.07, 6.45) is 2.58. The van der Waals surface area contributed by atoms with Gasteiger partial charge in [-0.3, -0.25) is 4.99 Å². The topological polar surface area (TPSA) is 58.8 Å². The minimum Gasteiger partial charge on any atom is -0.467 e. The van der Waals surface area contributed by atoms with Gasteiger partial charge in [0.1, 0.15) is 12.4 Å². The molecule has 0 radical (unpaired) electrons. The predicted molar refractivity (Wildman–Crippen MR) is 110 cm³/mol. The lowest BCUT2D eigenvalue weighted by Gasteiger charge is -2.15. The minimum absolute atomic E-state index is 0. The van der Waals surface area contributed by atoms with Crippen LogP contribution in [0.5, 0.6) is 0 Å². The number of nitrogens with zero attached hydrogens (tertiary/aromatic N) is 1. The molecule has 0 aromatic carbocycles. The van der Waals surface area contributed by atoms with E-state index in [2.05, 4.69) is 40.1 Å². The van der Waals surface area contributed by atoms with Gasteiger partial charge in [0.05, 0.1) is 6.26 Å². The van der Waals surface area contributed by atoms with E-state index in [0.717, 1.165) is 31.2 Å². The summed E-state index contributed by atoms with van der Waals surface area (Å²) in [6.45, 7) is 5.13. The molecule has 0 aliphatic rings. The molecule has 0 spiro atoms. The van der Waals surface area contributed by atoms with Crippen molar-refractivity contribution in [3.8, 4) is 0 Å². The number of guanidine groups is 1. The Labute approximate surface area is 164 Å². The summed E-state index contributed by atoms with van der Waals surface area (Å²) >= 11 is 1.79. The van der Waals surface area contributed by atoms with Crippen LogP contribution in [-0.4, -0.2) is 32.7 Å². The van der Waals surface area contributed by atoms with E-state index in [1.165, 1.54) is 4.88 Å². The smallest absolute Gasteiger partial charge is 0.190 e. The lowest BCUT2D eigenvalue weighted by Crippen LogP contribution is -2.39. The molecule has 0 bridgehead atoms. The van der Waals surface area contributed by atoms with Gasteiger partial charge in [-0.15, -0.1) is 35.3 Å². The molecular weight excluding hydrogens is 437 g/mol. The van der Waals surface area contributed by atoms with Crippen molar-refractivity contribution in [2.24, 2.45) is 4.99 Å². The third-order valence-corrected chi connectivity index (χ3v) is 4.51. The van der Waals surface area contributed by atoms with E-state index in [1.54, 1.807) is 24.6 Å². The molecule has 0 aliphatic carbocycles. The first-order valence-corrected chi connectivity index (χ1v) is 8.75. The van der Waals surface area contributed by atoms with Crippen molar-refractivity contribution in [2.75, 3.05) is 26.7 Å². The van der Waals surface area contributed by atoms with Crippen LogP contribution in [0.4, 0.5) is 0 Å². The highest BCUT2D eigenvalue weighted by Crippen LogP contribution is 2.19. The SMILES string of the molecule is CN=C(NCCCOCc1ccco1)NCC(C)c1cccs1.I. The van der Waals surface area contributed by atoms with Crippen molar-refractivity contribution in [2.45, 2.75) is 25.9 Å². The van der Waals surface area contributed by atoms with E-state index >= 15 is 0 Å². The Morgan fingerprint density at radius 2 is 2.21 bits per heavy atom. The molecule has 0 saturated carbocycles. The normalized spacial score (nSPS) is 12.5. The molecule has 0 saturated heterocycles. The number of halogens is 1. The molecule has 0 aliphatic heterocycles. The van der Waals surface area contributed by atoms with Crippen molar-refractivity contribution in [3.05, 3.63) is 46.5 Å². The molecule has 2 aromatic rings. The molecule has 7 heteroatoms. The summed E-state index contributed by atoms with van der Waals surface area (Å²) in [5.74, 6) is 2.17. The average Bonchev–Trinajstić information content (AvgIpc) is 3.26. The monoisotopic (exact) mass is 463 g/mol. The Hall–Kier alpha value is -1.06. The summed E-state index contributed by atoms with van der Waals surface area (Å²) in [6, 6.07) is 8.04. The van der Waals surface area contributed by atoms with Crippen molar-refractivity contribution in [1.82, 2.24) is 10.6 Å². The Morgan fingerprint density at radius 1 is 1.33 bits per heavy atom. The standard InChI is InChI=1S/C17H25N3O2S.HI/c1-14(16-7-4-11-23-16)12-20-17(18-2)19-8-5-9-21-13-15-6-3-10-22-15;/h3-4,6-7,10-11,14H,5,8-9,12-13H2,1-2H3,(H2,18,19,20);1H. The number of ether oxygens (including phenoxy) is 1. The summed E-state index contributed by atoms with van der Waals surface area (Å²) in [5, 5.41) is 8.78. The van der Waals surface area contributed by atoms with Gasteiger partial charge in [0.25, 0.3) is 0 Å². The maximum Gasteiger partial charge on any atom is 0.190 e. The third-order valence-electron chi connectivity index (χ3n) is 3.41. The quantitative estimate of drug-likeness (QED) is 0.257. The fourth-order valence-corrected chi connectivity index (χ4v) is 2.88. The predicted octanol–water partition coefficient (Wildman–Crippen LogP) is 3.83. The zero-order chi connectivity index (χ0) is 16.3. The Kier molecular flexibility index (Phi) is 10.8. The molecule has 0 fully saturated rings. The molecule has 2 rings (SSSR count). The number of rotatable bonds is 9. The number of aliphatic imine (C=N–C) groups is 1. The summed E-state index contributed by atoms with van der Waals surface area (Å²) in [5.41, 5.74) is 0. The maximum atomic E-state index is 5.55. The highest BCUT2D eigenvalue weighted by Gasteiger charge is 2.07. The van der Waals surface area contributed by atoms with Gasteiger partial charge in [0, 0.05) is 37.5 Å². The minimum atomic E-state index is 0. The first-order valence-electron chi connectivity index (χ1n) is 7.87. The van der Waals surface area contributed by atoms with Crippen LogP contribution in [0.1, 0.15) is 29.9 Å². The summed E-state index contributed by atoms with van der Waals surface area (Å²) < 4.78 is 10.8.